The number of nitrogens with zero attached hydrogens (tertiary/aromatic N) is 1. The van der Waals surface area contributed by atoms with Gasteiger partial charge in [0.1, 0.15) is 11.5 Å². The van der Waals surface area contributed by atoms with E-state index in [1.807, 2.05) is 12.1 Å². The second-order valence-corrected chi connectivity index (χ2v) is 5.69. The Balaban J connectivity index is 2.12. The smallest absolute Gasteiger partial charge is 0.141 e. The van der Waals surface area contributed by atoms with Gasteiger partial charge >= 0.3 is 0 Å². The molecular formula is C13H11Cl2N3S. The average molecular weight is 312 g/mol. The van der Waals surface area contributed by atoms with Crippen molar-refractivity contribution in [3.8, 4) is 0 Å². The summed E-state index contributed by atoms with van der Waals surface area (Å²) < 4.78 is 0. The maximum Gasteiger partial charge on any atom is 0.141 e. The minimum atomic E-state index is -0.0346. The molecule has 0 bridgehead atoms. The molecule has 0 spiro atoms. The molecule has 3 N–H and O–H groups in total. The third-order valence-electron chi connectivity index (χ3n) is 2.39. The lowest BCUT2D eigenvalue weighted by molar-refractivity contribution is 1.22. The van der Waals surface area contributed by atoms with Crippen molar-refractivity contribution >= 4 is 40.8 Å². The summed E-state index contributed by atoms with van der Waals surface area (Å²) in [5.41, 5.74) is 6.92. The zero-order valence-corrected chi connectivity index (χ0v) is 12.2. The van der Waals surface area contributed by atoms with Crippen LogP contribution >= 0.6 is 35.0 Å². The Hall–Kier alpha value is -1.23. The van der Waals surface area contributed by atoms with Gasteiger partial charge in [0, 0.05) is 21.9 Å². The van der Waals surface area contributed by atoms with E-state index in [0.29, 0.717) is 21.5 Å². The number of aromatic nitrogens is 1. The maximum absolute atomic E-state index is 7.36. The van der Waals surface area contributed by atoms with Gasteiger partial charge in [-0.25, -0.2) is 0 Å². The number of pyridine rings is 1. The summed E-state index contributed by atoms with van der Waals surface area (Å²) in [5.74, 6) is 0.677. The van der Waals surface area contributed by atoms with Gasteiger partial charge in [0.05, 0.1) is 5.02 Å². The first-order chi connectivity index (χ1) is 9.06. The van der Waals surface area contributed by atoms with Crippen LogP contribution in [-0.4, -0.2) is 10.8 Å². The predicted octanol–water partition coefficient (Wildman–Crippen LogP) is 3.96. The highest BCUT2D eigenvalue weighted by Gasteiger charge is 2.05. The number of amidine groups is 1. The first-order valence-corrected chi connectivity index (χ1v) is 7.17. The quantitative estimate of drug-likeness (QED) is 0.510. The fourth-order valence-electron chi connectivity index (χ4n) is 1.46. The third kappa shape index (κ3) is 3.86. The van der Waals surface area contributed by atoms with E-state index in [1.165, 1.54) is 0 Å². The van der Waals surface area contributed by atoms with Gasteiger partial charge in [0.15, 0.2) is 0 Å². The van der Waals surface area contributed by atoms with Crippen LogP contribution < -0.4 is 5.73 Å². The standard InChI is InChI=1S/C13H11Cl2N3S/c14-9-1-2-10(15)12(6-9)19-7-8-3-4-18-11(5-8)13(16)17/h1-6H,7H2,(H3,16,17). The van der Waals surface area contributed by atoms with Gasteiger partial charge in [-0.3, -0.25) is 10.4 Å². The number of hydrogen-bond acceptors (Lipinski definition) is 3. The van der Waals surface area contributed by atoms with Crippen LogP contribution in [0.1, 0.15) is 11.3 Å². The maximum atomic E-state index is 7.36. The molecule has 0 radical (unpaired) electrons. The highest BCUT2D eigenvalue weighted by Crippen LogP contribution is 2.31. The summed E-state index contributed by atoms with van der Waals surface area (Å²) in [7, 11) is 0. The zero-order chi connectivity index (χ0) is 13.8. The summed E-state index contributed by atoms with van der Waals surface area (Å²) in [6, 6.07) is 9.06. The van der Waals surface area contributed by atoms with Crippen LogP contribution in [0.3, 0.4) is 0 Å². The Labute approximate surface area is 125 Å². The van der Waals surface area contributed by atoms with Gasteiger partial charge < -0.3 is 5.73 Å². The van der Waals surface area contributed by atoms with E-state index in [0.717, 1.165) is 10.5 Å². The molecule has 0 aliphatic heterocycles. The zero-order valence-electron chi connectivity index (χ0n) is 9.86. The number of nitrogens with two attached hydrogens (primary N) is 1. The van der Waals surface area contributed by atoms with Crippen LogP contribution in [0.2, 0.25) is 10.0 Å². The summed E-state index contributed by atoms with van der Waals surface area (Å²) >= 11 is 13.6. The highest BCUT2D eigenvalue weighted by molar-refractivity contribution is 7.98. The van der Waals surface area contributed by atoms with E-state index in [4.69, 9.17) is 34.3 Å². The molecule has 0 amide bonds. The lowest BCUT2D eigenvalue weighted by atomic mass is 10.2. The minimum absolute atomic E-state index is 0.0346. The summed E-state index contributed by atoms with van der Waals surface area (Å²) in [4.78, 5) is 4.95. The fraction of sp³-hybridized carbons (Fsp3) is 0.0769. The number of thioether (sulfide) groups is 1. The molecule has 0 aliphatic rings. The highest BCUT2D eigenvalue weighted by atomic mass is 35.5. The molecule has 0 unspecified atom stereocenters. The third-order valence-corrected chi connectivity index (χ3v) is 4.19. The SMILES string of the molecule is N=C(N)c1cc(CSc2cc(Cl)ccc2Cl)ccn1. The van der Waals surface area contributed by atoms with Crippen LogP contribution in [0, 0.1) is 5.41 Å². The second kappa shape index (κ2) is 6.28. The Bertz CT molecular complexity index is 617. The predicted molar refractivity (Wildman–Crippen MR) is 81.3 cm³/mol. The summed E-state index contributed by atoms with van der Waals surface area (Å²) in [6.45, 7) is 0. The molecule has 6 heteroatoms. The molecule has 0 saturated heterocycles. The van der Waals surface area contributed by atoms with Gasteiger partial charge in [-0.1, -0.05) is 23.2 Å². The van der Waals surface area contributed by atoms with Gasteiger partial charge in [-0.2, -0.15) is 0 Å². The van der Waals surface area contributed by atoms with Crippen molar-refractivity contribution in [3.05, 3.63) is 57.8 Å². The number of halogens is 2. The molecule has 98 valence electrons. The van der Waals surface area contributed by atoms with Crippen molar-refractivity contribution in [2.75, 3.05) is 0 Å². The molecule has 1 aromatic heterocycles. The van der Waals surface area contributed by atoms with E-state index < -0.39 is 0 Å². The molecule has 2 rings (SSSR count). The molecule has 0 aliphatic carbocycles. The first-order valence-electron chi connectivity index (χ1n) is 5.43. The average Bonchev–Trinajstić information content (AvgIpc) is 2.40. The Kier molecular flexibility index (Phi) is 4.69. The van der Waals surface area contributed by atoms with Crippen LogP contribution in [0.15, 0.2) is 41.4 Å². The largest absolute Gasteiger partial charge is 0.382 e. The monoisotopic (exact) mass is 311 g/mol. The minimum Gasteiger partial charge on any atom is -0.382 e. The van der Waals surface area contributed by atoms with E-state index in [9.17, 15) is 0 Å². The van der Waals surface area contributed by atoms with Crippen molar-refractivity contribution in [2.24, 2.45) is 5.73 Å². The Morgan fingerprint density at radius 1 is 1.26 bits per heavy atom. The van der Waals surface area contributed by atoms with E-state index in [-0.39, 0.29) is 5.84 Å². The Morgan fingerprint density at radius 3 is 2.79 bits per heavy atom. The molecule has 1 heterocycles. The van der Waals surface area contributed by atoms with Crippen LogP contribution in [0.4, 0.5) is 0 Å². The molecular weight excluding hydrogens is 301 g/mol. The number of nitrogen functional groups attached to an aromatic ring is 1. The number of nitrogens with one attached hydrogen (secondary N) is 1. The van der Waals surface area contributed by atoms with Gasteiger partial charge in [0.2, 0.25) is 0 Å². The van der Waals surface area contributed by atoms with Gasteiger partial charge in [-0.15, -0.1) is 11.8 Å². The van der Waals surface area contributed by atoms with Crippen LogP contribution in [0.5, 0.6) is 0 Å². The van der Waals surface area contributed by atoms with Crippen LogP contribution in [0.25, 0.3) is 0 Å². The molecule has 3 nitrogen and oxygen atoms in total. The Morgan fingerprint density at radius 2 is 2.05 bits per heavy atom. The summed E-state index contributed by atoms with van der Waals surface area (Å²) in [5, 5.41) is 8.70. The topological polar surface area (TPSA) is 62.8 Å². The summed E-state index contributed by atoms with van der Waals surface area (Å²) in [6.07, 6.45) is 1.65. The van der Waals surface area contributed by atoms with E-state index >= 15 is 0 Å². The van der Waals surface area contributed by atoms with Gasteiger partial charge in [-0.05, 0) is 35.9 Å². The molecule has 19 heavy (non-hydrogen) atoms. The van der Waals surface area contributed by atoms with Crippen LogP contribution in [-0.2, 0) is 5.75 Å². The molecule has 1 aromatic carbocycles. The number of rotatable bonds is 4. The molecule has 0 fully saturated rings. The number of benzene rings is 1. The molecule has 2 aromatic rings. The normalized spacial score (nSPS) is 10.4. The number of hydrogen-bond donors (Lipinski definition) is 2. The fourth-order valence-corrected chi connectivity index (χ4v) is 2.90. The first kappa shape index (κ1) is 14.2. The van der Waals surface area contributed by atoms with Crippen molar-refractivity contribution < 1.29 is 0 Å². The van der Waals surface area contributed by atoms with Crippen molar-refractivity contribution in [3.63, 3.8) is 0 Å². The van der Waals surface area contributed by atoms with E-state index in [2.05, 4.69) is 4.98 Å². The lowest BCUT2D eigenvalue weighted by Gasteiger charge is -2.06. The van der Waals surface area contributed by atoms with Crippen molar-refractivity contribution in [1.29, 1.82) is 5.41 Å². The lowest BCUT2D eigenvalue weighted by Crippen LogP contribution is -2.13. The van der Waals surface area contributed by atoms with Gasteiger partial charge in [0.25, 0.3) is 0 Å². The second-order valence-electron chi connectivity index (χ2n) is 3.83. The van der Waals surface area contributed by atoms with Crippen molar-refractivity contribution in [1.82, 2.24) is 4.98 Å². The molecule has 0 atom stereocenters. The van der Waals surface area contributed by atoms with E-state index in [1.54, 1.807) is 36.2 Å². The van der Waals surface area contributed by atoms with Crippen molar-refractivity contribution in [2.45, 2.75) is 10.6 Å². The molecule has 0 saturated carbocycles.